The Morgan fingerprint density at radius 1 is 1.03 bits per heavy atom. The van der Waals surface area contributed by atoms with E-state index in [-0.39, 0.29) is 17.7 Å². The summed E-state index contributed by atoms with van der Waals surface area (Å²) in [5.74, 6) is 1.03. The third-order valence-electron chi connectivity index (χ3n) is 5.11. The molecule has 9 nitrogen and oxygen atoms in total. The average Bonchev–Trinajstić information content (AvgIpc) is 2.90. The molecule has 0 aromatic carbocycles. The standard InChI is InChI=1S/C22H37N7O2/c1-25(2)9-7-8-21(30)28-10-11-29(22(31)16-26(3)4)15-18(14-28)12-19-13-20(27(5)6)24-17-23-19/h7-8,13,17-18H,9-12,14-16H2,1-6H3/b8-7+. The monoisotopic (exact) mass is 431 g/mol. The quantitative estimate of drug-likeness (QED) is 0.539. The minimum atomic E-state index is -0.00886. The summed E-state index contributed by atoms with van der Waals surface area (Å²) < 4.78 is 0. The zero-order chi connectivity index (χ0) is 23.0. The molecule has 0 N–H and O–H groups in total. The molecule has 31 heavy (non-hydrogen) atoms. The number of carbonyl (C=O) groups is 2. The van der Waals surface area contributed by atoms with Gasteiger partial charge in [-0.15, -0.1) is 0 Å². The highest BCUT2D eigenvalue weighted by Gasteiger charge is 2.28. The Labute approximate surface area is 186 Å². The second-order valence-corrected chi connectivity index (χ2v) is 8.86. The third-order valence-corrected chi connectivity index (χ3v) is 5.11. The fourth-order valence-corrected chi connectivity index (χ4v) is 3.54. The molecule has 2 rings (SSSR count). The van der Waals surface area contributed by atoms with Crippen LogP contribution in [0.1, 0.15) is 5.69 Å². The summed E-state index contributed by atoms with van der Waals surface area (Å²) in [6, 6.07) is 1.97. The molecule has 9 heteroatoms. The van der Waals surface area contributed by atoms with Gasteiger partial charge >= 0.3 is 0 Å². The summed E-state index contributed by atoms with van der Waals surface area (Å²) in [7, 11) is 11.6. The van der Waals surface area contributed by atoms with Gasteiger partial charge in [0.1, 0.15) is 12.1 Å². The van der Waals surface area contributed by atoms with Crippen molar-refractivity contribution in [2.45, 2.75) is 6.42 Å². The Hall–Kier alpha value is -2.52. The maximum Gasteiger partial charge on any atom is 0.246 e. The van der Waals surface area contributed by atoms with Crippen molar-refractivity contribution in [2.75, 3.05) is 86.5 Å². The fraction of sp³-hybridized carbons (Fsp3) is 0.636. The number of aromatic nitrogens is 2. The van der Waals surface area contributed by atoms with Crippen LogP contribution in [0.5, 0.6) is 0 Å². The Kier molecular flexibility index (Phi) is 9.39. The van der Waals surface area contributed by atoms with Gasteiger partial charge in [0, 0.05) is 64.7 Å². The summed E-state index contributed by atoms with van der Waals surface area (Å²) in [5.41, 5.74) is 0.918. The molecule has 0 spiro atoms. The zero-order valence-corrected chi connectivity index (χ0v) is 19.8. The lowest BCUT2D eigenvalue weighted by Gasteiger charge is -2.25. The summed E-state index contributed by atoms with van der Waals surface area (Å²) in [4.78, 5) is 43.8. The van der Waals surface area contributed by atoms with Crippen LogP contribution in [0.15, 0.2) is 24.5 Å². The average molecular weight is 432 g/mol. The van der Waals surface area contributed by atoms with Crippen LogP contribution in [0.2, 0.25) is 0 Å². The van der Waals surface area contributed by atoms with E-state index in [1.165, 1.54) is 0 Å². The lowest BCUT2D eigenvalue weighted by molar-refractivity contribution is -0.132. The van der Waals surface area contributed by atoms with Gasteiger partial charge in [-0.05, 0) is 40.5 Å². The van der Waals surface area contributed by atoms with Gasteiger partial charge in [-0.25, -0.2) is 9.97 Å². The first-order chi connectivity index (χ1) is 14.7. The normalized spacial score (nSPS) is 17.5. The second-order valence-electron chi connectivity index (χ2n) is 8.86. The van der Waals surface area contributed by atoms with Crippen LogP contribution >= 0.6 is 0 Å². The zero-order valence-electron chi connectivity index (χ0n) is 19.8. The van der Waals surface area contributed by atoms with Crippen molar-refractivity contribution in [3.05, 3.63) is 30.2 Å². The molecule has 0 bridgehead atoms. The van der Waals surface area contributed by atoms with E-state index in [1.54, 1.807) is 12.4 Å². The second kappa shape index (κ2) is 11.8. The molecule has 1 aromatic heterocycles. The minimum Gasteiger partial charge on any atom is -0.363 e. The van der Waals surface area contributed by atoms with Gasteiger partial charge < -0.3 is 24.5 Å². The number of amides is 2. The van der Waals surface area contributed by atoms with Crippen LogP contribution in [-0.2, 0) is 16.0 Å². The van der Waals surface area contributed by atoms with Crippen LogP contribution < -0.4 is 4.90 Å². The molecule has 1 aliphatic heterocycles. The first kappa shape index (κ1) is 24.7. The SMILES string of the molecule is CN(C)C/C=C/C(=O)N1CCN(C(=O)CN(C)C)CC(Cc2cc(N(C)C)ncn2)C1. The van der Waals surface area contributed by atoms with E-state index in [4.69, 9.17) is 0 Å². The summed E-state index contributed by atoms with van der Waals surface area (Å²) in [6.07, 6.45) is 5.78. The Morgan fingerprint density at radius 3 is 2.35 bits per heavy atom. The molecule has 172 valence electrons. The molecule has 1 aliphatic rings. The number of likely N-dealkylation sites (N-methyl/N-ethyl adjacent to an activating group) is 2. The Balaban J connectivity index is 2.18. The van der Waals surface area contributed by atoms with Gasteiger partial charge in [-0.2, -0.15) is 0 Å². The Morgan fingerprint density at radius 2 is 1.71 bits per heavy atom. The van der Waals surface area contributed by atoms with Gasteiger partial charge in [0.05, 0.1) is 6.54 Å². The molecule has 1 atom stereocenters. The number of anilines is 1. The molecule has 0 radical (unpaired) electrons. The molecule has 1 unspecified atom stereocenters. The summed E-state index contributed by atoms with van der Waals surface area (Å²) in [5, 5.41) is 0. The largest absolute Gasteiger partial charge is 0.363 e. The predicted molar refractivity (Wildman–Crippen MR) is 123 cm³/mol. The molecule has 1 fully saturated rings. The summed E-state index contributed by atoms with van der Waals surface area (Å²) >= 11 is 0. The van der Waals surface area contributed by atoms with Crippen LogP contribution in [0.4, 0.5) is 5.82 Å². The molecule has 2 amide bonds. The molecule has 1 aromatic rings. The van der Waals surface area contributed by atoms with E-state index in [1.807, 2.05) is 78.9 Å². The highest BCUT2D eigenvalue weighted by Crippen LogP contribution is 2.17. The van der Waals surface area contributed by atoms with Crippen LogP contribution in [0.3, 0.4) is 0 Å². The van der Waals surface area contributed by atoms with Crippen LogP contribution in [0.25, 0.3) is 0 Å². The first-order valence-electron chi connectivity index (χ1n) is 10.7. The highest BCUT2D eigenvalue weighted by molar-refractivity contribution is 5.87. The van der Waals surface area contributed by atoms with E-state index in [9.17, 15) is 9.59 Å². The lowest BCUT2D eigenvalue weighted by atomic mass is 10.0. The Bertz CT molecular complexity index is 764. The van der Waals surface area contributed by atoms with E-state index >= 15 is 0 Å². The number of carbonyl (C=O) groups excluding carboxylic acids is 2. The van der Waals surface area contributed by atoms with Crippen molar-refractivity contribution < 1.29 is 9.59 Å². The lowest BCUT2D eigenvalue weighted by Crippen LogP contribution is -2.41. The molecular weight excluding hydrogens is 394 g/mol. The van der Waals surface area contributed by atoms with Gasteiger partial charge in [0.15, 0.2) is 0 Å². The molecule has 0 saturated carbocycles. The number of hydrogen-bond donors (Lipinski definition) is 0. The van der Waals surface area contributed by atoms with Crippen molar-refractivity contribution in [1.29, 1.82) is 0 Å². The minimum absolute atomic E-state index is 0.00886. The molecule has 2 heterocycles. The van der Waals surface area contributed by atoms with E-state index in [0.717, 1.165) is 11.5 Å². The third kappa shape index (κ3) is 8.26. The summed E-state index contributed by atoms with van der Waals surface area (Å²) in [6.45, 7) is 3.36. The smallest absolute Gasteiger partial charge is 0.246 e. The van der Waals surface area contributed by atoms with Gasteiger partial charge in [0.2, 0.25) is 11.8 Å². The van der Waals surface area contributed by atoms with Crippen LogP contribution in [-0.4, -0.2) is 123 Å². The first-order valence-corrected chi connectivity index (χ1v) is 10.7. The van der Waals surface area contributed by atoms with Crippen molar-refractivity contribution in [3.63, 3.8) is 0 Å². The maximum atomic E-state index is 12.8. The van der Waals surface area contributed by atoms with Crippen molar-refractivity contribution in [1.82, 2.24) is 29.6 Å². The predicted octanol–water partition coefficient (Wildman–Crippen LogP) is 0.0515. The van der Waals surface area contributed by atoms with E-state index < -0.39 is 0 Å². The number of rotatable bonds is 8. The van der Waals surface area contributed by atoms with E-state index in [2.05, 4.69) is 9.97 Å². The number of hydrogen-bond acceptors (Lipinski definition) is 7. The maximum absolute atomic E-state index is 12.8. The fourth-order valence-electron chi connectivity index (χ4n) is 3.54. The molecule has 0 aliphatic carbocycles. The van der Waals surface area contributed by atoms with Crippen molar-refractivity contribution in [2.24, 2.45) is 5.92 Å². The van der Waals surface area contributed by atoms with Gasteiger partial charge in [-0.3, -0.25) is 9.59 Å². The van der Waals surface area contributed by atoms with Crippen LogP contribution in [0, 0.1) is 5.92 Å². The van der Waals surface area contributed by atoms with Crippen molar-refractivity contribution in [3.8, 4) is 0 Å². The van der Waals surface area contributed by atoms with Gasteiger partial charge in [-0.1, -0.05) is 6.08 Å². The van der Waals surface area contributed by atoms with E-state index in [0.29, 0.717) is 45.7 Å². The van der Waals surface area contributed by atoms with Gasteiger partial charge in [0.25, 0.3) is 0 Å². The van der Waals surface area contributed by atoms with Crippen molar-refractivity contribution >= 4 is 17.6 Å². The topological polar surface area (TPSA) is 76.1 Å². The highest BCUT2D eigenvalue weighted by atomic mass is 16.2. The molecule has 1 saturated heterocycles. The number of nitrogens with zero attached hydrogens (tertiary/aromatic N) is 7. The molecular formula is C22H37N7O2.